The van der Waals surface area contributed by atoms with Gasteiger partial charge in [0.15, 0.2) is 5.65 Å². The van der Waals surface area contributed by atoms with Crippen molar-refractivity contribution in [3.8, 4) is 22.8 Å². The molecule has 6 rings (SSSR count). The Labute approximate surface area is 188 Å². The zero-order valence-corrected chi connectivity index (χ0v) is 17.8. The largest absolute Gasteiger partial charge is 0.493 e. The predicted octanol–water partition coefficient (Wildman–Crippen LogP) is 4.66. The van der Waals surface area contributed by atoms with Gasteiger partial charge in [-0.25, -0.2) is 4.39 Å². The standard InChI is InChI=1S/C22H16ClFN4O2.ClH/c23-15-2-1-7-25-21(15)14-8-19-17(28-11-26-27-22(14)28)5-3-13-16(24)4-6-18-20(13)12(9-29-18)10-30-19;/h1-2,4,6-8,11-12H,3,5,9-10H2;1H/t12-;/m1./s1. The Balaban J connectivity index is 0.00000204. The quantitative estimate of drug-likeness (QED) is 0.415. The van der Waals surface area contributed by atoms with Crippen molar-refractivity contribution >= 4 is 29.7 Å². The van der Waals surface area contributed by atoms with Gasteiger partial charge in [-0.3, -0.25) is 9.38 Å². The molecule has 0 saturated heterocycles. The number of benzene rings is 1. The maximum atomic E-state index is 14.7. The van der Waals surface area contributed by atoms with E-state index in [-0.39, 0.29) is 24.1 Å². The van der Waals surface area contributed by atoms with E-state index in [1.54, 1.807) is 30.7 Å². The van der Waals surface area contributed by atoms with E-state index in [0.29, 0.717) is 53.7 Å². The van der Waals surface area contributed by atoms with Crippen LogP contribution in [0.3, 0.4) is 0 Å². The number of hydrogen-bond donors (Lipinski definition) is 0. The third-order valence-corrected chi connectivity index (χ3v) is 6.12. The number of halogens is 3. The summed E-state index contributed by atoms with van der Waals surface area (Å²) in [5, 5.41) is 8.91. The lowest BCUT2D eigenvalue weighted by molar-refractivity contribution is 0.246. The van der Waals surface area contributed by atoms with E-state index >= 15 is 0 Å². The second kappa shape index (κ2) is 7.66. The first-order valence-corrected chi connectivity index (χ1v) is 10.1. The highest BCUT2D eigenvalue weighted by atomic mass is 35.5. The minimum absolute atomic E-state index is 0. The molecule has 0 spiro atoms. The predicted molar refractivity (Wildman–Crippen MR) is 116 cm³/mol. The fourth-order valence-electron chi connectivity index (χ4n) is 4.42. The first-order valence-electron chi connectivity index (χ1n) is 9.74. The minimum atomic E-state index is -0.204. The zero-order chi connectivity index (χ0) is 20.2. The molecule has 9 heteroatoms. The summed E-state index contributed by atoms with van der Waals surface area (Å²) < 4.78 is 28.7. The molecule has 0 unspecified atom stereocenters. The van der Waals surface area contributed by atoms with E-state index in [9.17, 15) is 4.39 Å². The van der Waals surface area contributed by atoms with Gasteiger partial charge in [-0.2, -0.15) is 0 Å². The smallest absolute Gasteiger partial charge is 0.170 e. The lowest BCUT2D eigenvalue weighted by Crippen LogP contribution is -2.13. The fourth-order valence-corrected chi connectivity index (χ4v) is 4.65. The van der Waals surface area contributed by atoms with Gasteiger partial charge in [0.1, 0.15) is 23.6 Å². The second-order valence-electron chi connectivity index (χ2n) is 7.48. The third kappa shape index (κ3) is 3.11. The van der Waals surface area contributed by atoms with E-state index in [1.165, 1.54) is 6.07 Å². The molecule has 2 aliphatic rings. The van der Waals surface area contributed by atoms with E-state index in [2.05, 4.69) is 15.2 Å². The Morgan fingerprint density at radius 3 is 2.77 bits per heavy atom. The van der Waals surface area contributed by atoms with E-state index < -0.39 is 0 Å². The molecule has 6 nitrogen and oxygen atoms in total. The van der Waals surface area contributed by atoms with Gasteiger partial charge < -0.3 is 9.47 Å². The average molecular weight is 459 g/mol. The van der Waals surface area contributed by atoms with Crippen LogP contribution in [0.15, 0.2) is 42.9 Å². The molecule has 0 aliphatic carbocycles. The molecule has 0 fully saturated rings. The number of aromatic nitrogens is 4. The lowest BCUT2D eigenvalue weighted by Gasteiger charge is -2.16. The summed E-state index contributed by atoms with van der Waals surface area (Å²) in [5.74, 6) is 1.22. The van der Waals surface area contributed by atoms with Gasteiger partial charge in [0.05, 0.1) is 41.1 Å². The number of nitrogens with zero attached hydrogens (tertiary/aromatic N) is 4. The molecule has 0 N–H and O–H groups in total. The number of pyridine rings is 2. The highest BCUT2D eigenvalue weighted by molar-refractivity contribution is 6.33. The molecule has 31 heavy (non-hydrogen) atoms. The number of ether oxygens (including phenoxy) is 2. The second-order valence-corrected chi connectivity index (χ2v) is 7.89. The highest BCUT2D eigenvalue weighted by Crippen LogP contribution is 2.41. The number of fused-ring (bicyclic) bond motifs is 3. The molecular weight excluding hydrogens is 442 g/mol. The zero-order valence-electron chi connectivity index (χ0n) is 16.2. The van der Waals surface area contributed by atoms with Gasteiger partial charge in [0.2, 0.25) is 0 Å². The van der Waals surface area contributed by atoms with E-state index in [1.807, 2.05) is 10.5 Å². The molecule has 0 radical (unpaired) electrons. The van der Waals surface area contributed by atoms with Gasteiger partial charge in [-0.1, -0.05) is 11.6 Å². The maximum absolute atomic E-state index is 14.7. The Bertz CT molecular complexity index is 1310. The summed E-state index contributed by atoms with van der Waals surface area (Å²) in [4.78, 5) is 4.43. The van der Waals surface area contributed by atoms with Crippen molar-refractivity contribution in [1.29, 1.82) is 0 Å². The van der Waals surface area contributed by atoms with Crippen molar-refractivity contribution in [2.24, 2.45) is 0 Å². The molecule has 3 aromatic heterocycles. The van der Waals surface area contributed by atoms with Crippen LogP contribution < -0.4 is 9.47 Å². The first-order chi connectivity index (χ1) is 14.7. The van der Waals surface area contributed by atoms with Gasteiger partial charge in [0, 0.05) is 11.8 Å². The fraction of sp³-hybridized carbons (Fsp3) is 0.227. The first kappa shape index (κ1) is 20.0. The molecule has 0 saturated carbocycles. The monoisotopic (exact) mass is 458 g/mol. The summed E-state index contributed by atoms with van der Waals surface area (Å²) >= 11 is 6.41. The Morgan fingerprint density at radius 1 is 1.10 bits per heavy atom. The van der Waals surface area contributed by atoms with Gasteiger partial charge in [-0.15, -0.1) is 22.6 Å². The average Bonchev–Trinajstić information content (AvgIpc) is 3.40. The van der Waals surface area contributed by atoms with Crippen LogP contribution in [0.5, 0.6) is 11.5 Å². The van der Waals surface area contributed by atoms with E-state index in [0.717, 1.165) is 22.6 Å². The van der Waals surface area contributed by atoms with Gasteiger partial charge in [0.25, 0.3) is 0 Å². The van der Waals surface area contributed by atoms with Gasteiger partial charge >= 0.3 is 0 Å². The Hall–Kier alpha value is -2.90. The van der Waals surface area contributed by atoms with Crippen LogP contribution in [0, 0.1) is 5.82 Å². The van der Waals surface area contributed by atoms with E-state index in [4.69, 9.17) is 21.1 Å². The van der Waals surface area contributed by atoms with Crippen LogP contribution in [-0.2, 0) is 12.8 Å². The number of rotatable bonds is 1. The third-order valence-electron chi connectivity index (χ3n) is 5.81. The summed E-state index contributed by atoms with van der Waals surface area (Å²) in [6, 6.07) is 8.67. The van der Waals surface area contributed by atoms with Crippen LogP contribution in [0.4, 0.5) is 4.39 Å². The molecule has 158 valence electrons. The topological polar surface area (TPSA) is 61.5 Å². The van der Waals surface area contributed by atoms with Crippen molar-refractivity contribution in [3.05, 3.63) is 70.5 Å². The maximum Gasteiger partial charge on any atom is 0.170 e. The molecular formula is C22H17Cl2FN4O2. The molecule has 5 heterocycles. The van der Waals surface area contributed by atoms with Crippen molar-refractivity contribution in [2.75, 3.05) is 13.2 Å². The van der Waals surface area contributed by atoms with Crippen LogP contribution >= 0.6 is 24.0 Å². The molecule has 2 aliphatic heterocycles. The van der Waals surface area contributed by atoms with Gasteiger partial charge in [-0.05, 0) is 48.7 Å². The molecule has 4 aromatic rings. The minimum Gasteiger partial charge on any atom is -0.493 e. The SMILES string of the molecule is Cl.Fc1ccc2c3c1CCc1c(cc(-c4ncccc4Cl)c4nncn14)OC[C@H]3CO2. The van der Waals surface area contributed by atoms with Crippen LogP contribution in [0.2, 0.25) is 5.02 Å². The van der Waals surface area contributed by atoms with Crippen LogP contribution in [-0.4, -0.2) is 32.8 Å². The summed E-state index contributed by atoms with van der Waals surface area (Å²) in [6.45, 7) is 0.869. The molecule has 0 amide bonds. The summed E-state index contributed by atoms with van der Waals surface area (Å²) in [6.07, 6.45) is 4.44. The van der Waals surface area contributed by atoms with Crippen molar-refractivity contribution in [1.82, 2.24) is 19.6 Å². The van der Waals surface area contributed by atoms with Crippen LogP contribution in [0.25, 0.3) is 16.9 Å². The molecule has 1 atom stereocenters. The lowest BCUT2D eigenvalue weighted by atomic mass is 9.93. The summed E-state index contributed by atoms with van der Waals surface area (Å²) in [7, 11) is 0. The summed E-state index contributed by atoms with van der Waals surface area (Å²) in [5.41, 5.74) is 4.51. The molecule has 1 aromatic carbocycles. The number of aryl methyl sites for hydroxylation is 1. The number of hydrogen-bond acceptors (Lipinski definition) is 5. The van der Waals surface area contributed by atoms with Crippen molar-refractivity contribution in [2.45, 2.75) is 18.8 Å². The Morgan fingerprint density at radius 2 is 1.94 bits per heavy atom. The van der Waals surface area contributed by atoms with Crippen molar-refractivity contribution < 1.29 is 13.9 Å². The van der Waals surface area contributed by atoms with Crippen molar-refractivity contribution in [3.63, 3.8) is 0 Å². The molecule has 0 bridgehead atoms. The highest BCUT2D eigenvalue weighted by Gasteiger charge is 2.31. The Kier molecular flexibility index (Phi) is 4.95. The normalized spacial score (nSPS) is 16.8. The van der Waals surface area contributed by atoms with Crippen LogP contribution in [0.1, 0.15) is 22.7 Å².